The van der Waals surface area contributed by atoms with Crippen LogP contribution in [0.2, 0.25) is 0 Å². The first kappa shape index (κ1) is 21.1. The molecule has 6 heteroatoms. The van der Waals surface area contributed by atoms with E-state index in [9.17, 15) is 13.5 Å². The van der Waals surface area contributed by atoms with E-state index in [1.165, 1.54) is 31.1 Å². The van der Waals surface area contributed by atoms with Crippen molar-refractivity contribution in [2.75, 3.05) is 30.6 Å². The summed E-state index contributed by atoms with van der Waals surface area (Å²) in [6, 6.07) is 8.00. The molecule has 1 unspecified atom stereocenters. The molecule has 1 aromatic rings. The van der Waals surface area contributed by atoms with E-state index in [1.54, 1.807) is 0 Å². The minimum atomic E-state index is -3.26. The van der Waals surface area contributed by atoms with Crippen LogP contribution in [0.15, 0.2) is 24.3 Å². The van der Waals surface area contributed by atoms with Gasteiger partial charge in [-0.15, -0.1) is 0 Å². The molecule has 1 aromatic carbocycles. The van der Waals surface area contributed by atoms with Gasteiger partial charge in [-0.25, -0.2) is 8.42 Å². The molecule has 1 heterocycles. The van der Waals surface area contributed by atoms with Gasteiger partial charge in [-0.3, -0.25) is 4.72 Å². The van der Waals surface area contributed by atoms with Crippen LogP contribution in [0.5, 0.6) is 0 Å². The van der Waals surface area contributed by atoms with Crippen molar-refractivity contribution in [3.8, 4) is 0 Å². The lowest BCUT2D eigenvalue weighted by molar-refractivity contribution is -0.00722. The summed E-state index contributed by atoms with van der Waals surface area (Å²) in [5.41, 5.74) is 1.74. The van der Waals surface area contributed by atoms with Crippen molar-refractivity contribution >= 4 is 15.7 Å². The van der Waals surface area contributed by atoms with E-state index in [-0.39, 0.29) is 5.41 Å². The third-order valence-corrected chi connectivity index (χ3v) is 8.41. The molecule has 0 spiro atoms. The van der Waals surface area contributed by atoms with Gasteiger partial charge in [0.1, 0.15) is 0 Å². The average Bonchev–Trinajstić information content (AvgIpc) is 3.04. The minimum absolute atomic E-state index is 0.202. The molecule has 162 valence electrons. The quantitative estimate of drug-likeness (QED) is 0.672. The Labute approximate surface area is 175 Å². The van der Waals surface area contributed by atoms with Gasteiger partial charge in [0, 0.05) is 24.2 Å². The van der Waals surface area contributed by atoms with Gasteiger partial charge in [0.25, 0.3) is 0 Å². The number of rotatable bonds is 8. The lowest BCUT2D eigenvalue weighted by Crippen LogP contribution is -2.34. The van der Waals surface area contributed by atoms with Crippen LogP contribution in [0.4, 0.5) is 5.69 Å². The van der Waals surface area contributed by atoms with Crippen LogP contribution in [-0.2, 0) is 15.4 Å². The second-order valence-electron chi connectivity index (χ2n) is 9.71. The van der Waals surface area contributed by atoms with Crippen molar-refractivity contribution in [3.63, 3.8) is 0 Å². The smallest absolute Gasteiger partial charge is 0.229 e. The van der Waals surface area contributed by atoms with E-state index in [0.717, 1.165) is 51.7 Å². The summed E-state index contributed by atoms with van der Waals surface area (Å²) in [7, 11) is -3.26. The number of fused-ring (bicyclic) bond motifs is 1. The minimum Gasteiger partial charge on any atom is -0.390 e. The zero-order valence-corrected chi connectivity index (χ0v) is 18.7. The molecule has 2 N–H and O–H groups in total. The predicted octanol–water partition coefficient (Wildman–Crippen LogP) is 3.74. The lowest BCUT2D eigenvalue weighted by atomic mass is 9.81. The summed E-state index contributed by atoms with van der Waals surface area (Å²) in [6.45, 7) is 5.60. The molecule has 3 atom stereocenters. The van der Waals surface area contributed by atoms with Crippen LogP contribution in [0.1, 0.15) is 63.9 Å². The average molecular weight is 421 g/mol. The van der Waals surface area contributed by atoms with E-state index < -0.39 is 15.6 Å². The molecule has 0 amide bonds. The largest absolute Gasteiger partial charge is 0.390 e. The van der Waals surface area contributed by atoms with Crippen LogP contribution >= 0.6 is 0 Å². The molecule has 0 aromatic heterocycles. The number of sulfonamides is 1. The highest BCUT2D eigenvalue weighted by molar-refractivity contribution is 7.92. The van der Waals surface area contributed by atoms with Crippen LogP contribution in [0, 0.1) is 11.8 Å². The van der Waals surface area contributed by atoms with Crippen molar-refractivity contribution < 1.29 is 13.5 Å². The predicted molar refractivity (Wildman–Crippen MR) is 118 cm³/mol. The molecule has 3 aliphatic rings. The number of nitrogens with zero attached hydrogens (tertiary/aromatic N) is 1. The Morgan fingerprint density at radius 2 is 1.86 bits per heavy atom. The molecule has 0 bridgehead atoms. The summed E-state index contributed by atoms with van der Waals surface area (Å²) in [5, 5.41) is 10.7. The number of anilines is 1. The van der Waals surface area contributed by atoms with Gasteiger partial charge >= 0.3 is 0 Å². The van der Waals surface area contributed by atoms with E-state index in [4.69, 9.17) is 0 Å². The summed E-state index contributed by atoms with van der Waals surface area (Å²) in [5.74, 6) is 1.33. The first-order chi connectivity index (χ1) is 13.8. The van der Waals surface area contributed by atoms with E-state index in [1.807, 2.05) is 18.2 Å². The summed E-state index contributed by atoms with van der Waals surface area (Å²) in [6.07, 6.45) is 9.91. The van der Waals surface area contributed by atoms with Gasteiger partial charge in [-0.2, -0.15) is 0 Å². The number of benzene rings is 1. The van der Waals surface area contributed by atoms with Crippen LogP contribution in [-0.4, -0.2) is 49.9 Å². The Hall–Kier alpha value is -1.11. The maximum Gasteiger partial charge on any atom is 0.229 e. The van der Waals surface area contributed by atoms with Crippen LogP contribution in [0.3, 0.4) is 0 Å². The molecule has 1 aliphatic heterocycles. The zero-order chi connectivity index (χ0) is 20.7. The van der Waals surface area contributed by atoms with Crippen molar-refractivity contribution in [2.24, 2.45) is 11.8 Å². The first-order valence-electron chi connectivity index (χ1n) is 11.3. The molecule has 2 aliphatic carbocycles. The fourth-order valence-electron chi connectivity index (χ4n) is 6.33. The van der Waals surface area contributed by atoms with Crippen molar-refractivity contribution in [2.45, 2.75) is 69.3 Å². The van der Waals surface area contributed by atoms with Gasteiger partial charge < -0.3 is 10.0 Å². The number of hydrogen-bond acceptors (Lipinski definition) is 4. The number of likely N-dealkylation sites (tertiary alicyclic amines) is 1. The monoisotopic (exact) mass is 420 g/mol. The molecular weight excluding hydrogens is 384 g/mol. The Kier molecular flexibility index (Phi) is 5.73. The zero-order valence-electron chi connectivity index (χ0n) is 17.9. The molecule has 1 saturated heterocycles. The van der Waals surface area contributed by atoms with Gasteiger partial charge in [0.2, 0.25) is 10.0 Å². The summed E-state index contributed by atoms with van der Waals surface area (Å²) >= 11 is 0. The molecular formula is C23H36N2O3S. The van der Waals surface area contributed by atoms with Crippen LogP contribution in [0.25, 0.3) is 0 Å². The van der Waals surface area contributed by atoms with E-state index in [0.29, 0.717) is 17.5 Å². The lowest BCUT2D eigenvalue weighted by Gasteiger charge is -2.33. The van der Waals surface area contributed by atoms with Gasteiger partial charge in [-0.1, -0.05) is 38.3 Å². The second kappa shape index (κ2) is 7.86. The topological polar surface area (TPSA) is 69.6 Å². The molecule has 4 rings (SSSR count). The maximum atomic E-state index is 11.6. The number of hydrogen-bond donors (Lipinski definition) is 2. The second-order valence-corrected chi connectivity index (χ2v) is 11.5. The molecule has 5 nitrogen and oxygen atoms in total. The SMILES string of the molecule is CCC1(c2cccc(NS(C)(=O)=O)c2)[C@@H]2CN(CCCC3(O)CCCCC3)C[C@@H]21. The normalized spacial score (nSPS) is 31.4. The Morgan fingerprint density at radius 3 is 2.48 bits per heavy atom. The molecule has 3 fully saturated rings. The Bertz CT molecular complexity index is 820. The summed E-state index contributed by atoms with van der Waals surface area (Å²) in [4.78, 5) is 2.58. The Morgan fingerprint density at radius 1 is 1.17 bits per heavy atom. The third-order valence-electron chi connectivity index (χ3n) is 7.80. The molecule has 29 heavy (non-hydrogen) atoms. The van der Waals surface area contributed by atoms with Gasteiger partial charge in [0.15, 0.2) is 0 Å². The number of nitrogens with one attached hydrogen (secondary N) is 1. The third kappa shape index (κ3) is 4.35. The maximum absolute atomic E-state index is 11.6. The fraction of sp³-hybridized carbons (Fsp3) is 0.739. The number of aliphatic hydroxyl groups is 1. The molecule has 2 saturated carbocycles. The highest BCUT2D eigenvalue weighted by Crippen LogP contribution is 2.65. The highest BCUT2D eigenvalue weighted by atomic mass is 32.2. The van der Waals surface area contributed by atoms with Crippen LogP contribution < -0.4 is 4.72 Å². The fourth-order valence-corrected chi connectivity index (χ4v) is 6.89. The standard InChI is InChI=1S/C23H36N2O3S/c1-3-23(18-9-7-10-19(15-18)24-29(2,27)28)20-16-25(17-21(20)23)14-8-13-22(26)11-5-4-6-12-22/h7,9-10,15,20-21,24,26H,3-6,8,11-14,16-17H2,1-2H3/t20-,21+,23?. The highest BCUT2D eigenvalue weighted by Gasteiger charge is 2.67. The number of piperidine rings is 1. The van der Waals surface area contributed by atoms with Crippen molar-refractivity contribution in [3.05, 3.63) is 29.8 Å². The van der Waals surface area contributed by atoms with E-state index in [2.05, 4.69) is 22.6 Å². The van der Waals surface area contributed by atoms with Gasteiger partial charge in [-0.05, 0) is 68.2 Å². The summed E-state index contributed by atoms with van der Waals surface area (Å²) < 4.78 is 25.8. The van der Waals surface area contributed by atoms with Crippen molar-refractivity contribution in [1.29, 1.82) is 0 Å². The Balaban J connectivity index is 1.33. The first-order valence-corrected chi connectivity index (χ1v) is 13.2. The van der Waals surface area contributed by atoms with Gasteiger partial charge in [0.05, 0.1) is 11.9 Å². The van der Waals surface area contributed by atoms with E-state index >= 15 is 0 Å². The van der Waals surface area contributed by atoms with Crippen molar-refractivity contribution in [1.82, 2.24) is 4.90 Å². The molecule has 0 radical (unpaired) electrons.